The lowest BCUT2D eigenvalue weighted by atomic mass is 10.1. The van der Waals surface area contributed by atoms with Crippen molar-refractivity contribution in [2.24, 2.45) is 5.92 Å². The summed E-state index contributed by atoms with van der Waals surface area (Å²) in [5.74, 6) is 0.0758. The van der Waals surface area contributed by atoms with E-state index >= 15 is 0 Å². The third-order valence-corrected chi connectivity index (χ3v) is 2.78. The van der Waals surface area contributed by atoms with Gasteiger partial charge < -0.3 is 4.74 Å². The molecule has 0 aliphatic heterocycles. The van der Waals surface area contributed by atoms with E-state index in [-0.39, 0.29) is 11.9 Å². The van der Waals surface area contributed by atoms with Crippen molar-refractivity contribution in [2.45, 2.75) is 32.3 Å². The van der Waals surface area contributed by atoms with Gasteiger partial charge in [0.1, 0.15) is 6.61 Å². The van der Waals surface area contributed by atoms with E-state index in [0.29, 0.717) is 6.61 Å². The smallest absolute Gasteiger partial charge is 0.309 e. The molecule has 0 spiro atoms. The Balaban J connectivity index is 1.80. The maximum absolute atomic E-state index is 11.6. The van der Waals surface area contributed by atoms with Crippen molar-refractivity contribution in [3.8, 4) is 0 Å². The molecular weight excluding hydrogens is 190 g/mol. The molecule has 80 valence electrons. The van der Waals surface area contributed by atoms with E-state index in [1.54, 1.807) is 6.20 Å². The fourth-order valence-corrected chi connectivity index (χ4v) is 1.91. The lowest BCUT2D eigenvalue weighted by Crippen LogP contribution is -2.14. The van der Waals surface area contributed by atoms with Gasteiger partial charge in [-0.2, -0.15) is 0 Å². The van der Waals surface area contributed by atoms with Crippen molar-refractivity contribution < 1.29 is 9.53 Å². The highest BCUT2D eigenvalue weighted by Gasteiger charge is 2.23. The molecule has 0 N–H and O–H groups in total. The number of nitrogens with zero attached hydrogens (tertiary/aromatic N) is 1. The Kier molecular flexibility index (Phi) is 3.33. The Hall–Kier alpha value is -1.38. The average Bonchev–Trinajstić information content (AvgIpc) is 2.81. The molecule has 15 heavy (non-hydrogen) atoms. The molecule has 1 heterocycles. The van der Waals surface area contributed by atoms with Crippen LogP contribution in [0.5, 0.6) is 0 Å². The highest BCUT2D eigenvalue weighted by Crippen LogP contribution is 2.25. The van der Waals surface area contributed by atoms with Crippen molar-refractivity contribution in [1.29, 1.82) is 0 Å². The molecule has 1 aliphatic carbocycles. The predicted octanol–water partition coefficient (Wildman–Crippen LogP) is 2.32. The summed E-state index contributed by atoms with van der Waals surface area (Å²) in [7, 11) is 0. The molecule has 3 nitrogen and oxygen atoms in total. The third-order valence-electron chi connectivity index (χ3n) is 2.78. The van der Waals surface area contributed by atoms with Gasteiger partial charge in [-0.15, -0.1) is 0 Å². The van der Waals surface area contributed by atoms with Crippen molar-refractivity contribution in [1.82, 2.24) is 4.98 Å². The summed E-state index contributed by atoms with van der Waals surface area (Å²) < 4.78 is 5.21. The molecule has 0 bridgehead atoms. The molecule has 1 aromatic heterocycles. The van der Waals surface area contributed by atoms with Gasteiger partial charge in [0.2, 0.25) is 0 Å². The van der Waals surface area contributed by atoms with Gasteiger partial charge in [-0.1, -0.05) is 18.9 Å². The molecule has 1 aliphatic rings. The van der Waals surface area contributed by atoms with Crippen LogP contribution < -0.4 is 0 Å². The summed E-state index contributed by atoms with van der Waals surface area (Å²) in [6.07, 6.45) is 5.99. The zero-order valence-corrected chi connectivity index (χ0v) is 8.69. The van der Waals surface area contributed by atoms with Gasteiger partial charge in [-0.25, -0.2) is 0 Å². The van der Waals surface area contributed by atoms with Crippen LogP contribution in [0, 0.1) is 5.92 Å². The van der Waals surface area contributed by atoms with Gasteiger partial charge in [-0.3, -0.25) is 9.78 Å². The van der Waals surface area contributed by atoms with Crippen LogP contribution in [-0.4, -0.2) is 11.0 Å². The number of carbonyl (C=O) groups excluding carboxylic acids is 1. The van der Waals surface area contributed by atoms with Crippen LogP contribution in [0.4, 0.5) is 0 Å². The Bertz CT molecular complexity index is 318. The number of hydrogen-bond acceptors (Lipinski definition) is 3. The second-order valence-corrected chi connectivity index (χ2v) is 3.91. The fourth-order valence-electron chi connectivity index (χ4n) is 1.91. The summed E-state index contributed by atoms with van der Waals surface area (Å²) in [5.41, 5.74) is 0.809. The van der Waals surface area contributed by atoms with Gasteiger partial charge in [0, 0.05) is 6.20 Å². The van der Waals surface area contributed by atoms with Crippen LogP contribution in [0.2, 0.25) is 0 Å². The van der Waals surface area contributed by atoms with Gasteiger partial charge in [0.25, 0.3) is 0 Å². The van der Waals surface area contributed by atoms with E-state index in [2.05, 4.69) is 4.98 Å². The molecule has 1 fully saturated rings. The van der Waals surface area contributed by atoms with Crippen LogP contribution in [-0.2, 0) is 16.1 Å². The average molecular weight is 205 g/mol. The van der Waals surface area contributed by atoms with Gasteiger partial charge in [0.05, 0.1) is 11.6 Å². The Morgan fingerprint density at radius 3 is 2.87 bits per heavy atom. The van der Waals surface area contributed by atoms with E-state index in [4.69, 9.17) is 4.74 Å². The number of hydrogen-bond donors (Lipinski definition) is 0. The highest BCUT2D eigenvalue weighted by atomic mass is 16.5. The quantitative estimate of drug-likeness (QED) is 0.711. The summed E-state index contributed by atoms with van der Waals surface area (Å²) in [5, 5.41) is 0. The van der Waals surface area contributed by atoms with E-state index in [1.807, 2.05) is 18.2 Å². The Labute approximate surface area is 89.5 Å². The van der Waals surface area contributed by atoms with Crippen LogP contribution in [0.25, 0.3) is 0 Å². The largest absolute Gasteiger partial charge is 0.459 e. The van der Waals surface area contributed by atoms with Crippen LogP contribution >= 0.6 is 0 Å². The summed E-state index contributed by atoms with van der Waals surface area (Å²) in [6.45, 7) is 0.302. The lowest BCUT2D eigenvalue weighted by molar-refractivity contribution is -0.149. The minimum absolute atomic E-state index is 0.0573. The highest BCUT2D eigenvalue weighted by molar-refractivity contribution is 5.72. The van der Waals surface area contributed by atoms with Gasteiger partial charge >= 0.3 is 5.97 Å². The Morgan fingerprint density at radius 1 is 1.40 bits per heavy atom. The third kappa shape index (κ3) is 2.78. The minimum atomic E-state index is -0.0573. The second-order valence-electron chi connectivity index (χ2n) is 3.91. The number of carbonyl (C=O) groups is 1. The molecule has 0 aromatic carbocycles. The lowest BCUT2D eigenvalue weighted by Gasteiger charge is -2.08. The maximum Gasteiger partial charge on any atom is 0.309 e. The van der Waals surface area contributed by atoms with Crippen molar-refractivity contribution in [2.75, 3.05) is 0 Å². The standard InChI is InChI=1S/C12H15NO2/c14-12(10-5-1-2-6-10)15-9-11-7-3-4-8-13-11/h3-4,7-8,10H,1-2,5-6,9H2. The Morgan fingerprint density at radius 2 is 2.20 bits per heavy atom. The molecule has 0 radical (unpaired) electrons. The van der Waals surface area contributed by atoms with Crippen molar-refractivity contribution in [3.63, 3.8) is 0 Å². The number of esters is 1. The van der Waals surface area contributed by atoms with E-state index in [9.17, 15) is 4.79 Å². The van der Waals surface area contributed by atoms with Crippen LogP contribution in [0.3, 0.4) is 0 Å². The first-order valence-corrected chi connectivity index (χ1v) is 5.43. The van der Waals surface area contributed by atoms with Gasteiger partial charge in [0.15, 0.2) is 0 Å². The molecule has 1 saturated carbocycles. The number of aromatic nitrogens is 1. The molecule has 1 aromatic rings. The summed E-state index contributed by atoms with van der Waals surface area (Å²) in [4.78, 5) is 15.7. The maximum atomic E-state index is 11.6. The van der Waals surface area contributed by atoms with Gasteiger partial charge in [-0.05, 0) is 25.0 Å². The molecule has 2 rings (SSSR count). The predicted molar refractivity (Wildman–Crippen MR) is 56.0 cm³/mol. The number of ether oxygens (including phenoxy) is 1. The molecule has 0 amide bonds. The zero-order chi connectivity index (χ0) is 10.5. The summed E-state index contributed by atoms with van der Waals surface area (Å²) >= 11 is 0. The molecule has 3 heteroatoms. The molecule has 0 atom stereocenters. The van der Waals surface area contributed by atoms with Crippen molar-refractivity contribution >= 4 is 5.97 Å². The number of rotatable bonds is 3. The van der Waals surface area contributed by atoms with E-state index in [0.717, 1.165) is 31.4 Å². The monoisotopic (exact) mass is 205 g/mol. The van der Waals surface area contributed by atoms with E-state index < -0.39 is 0 Å². The normalized spacial score (nSPS) is 16.5. The minimum Gasteiger partial charge on any atom is -0.459 e. The first kappa shape index (κ1) is 10.1. The van der Waals surface area contributed by atoms with Crippen molar-refractivity contribution in [3.05, 3.63) is 30.1 Å². The number of pyridine rings is 1. The summed E-state index contributed by atoms with van der Waals surface area (Å²) in [6, 6.07) is 5.61. The van der Waals surface area contributed by atoms with E-state index in [1.165, 1.54) is 0 Å². The molecular formula is C12H15NO2. The SMILES string of the molecule is O=C(OCc1ccccn1)C1CCCC1. The topological polar surface area (TPSA) is 39.2 Å². The first-order valence-electron chi connectivity index (χ1n) is 5.43. The van der Waals surface area contributed by atoms with Crippen LogP contribution in [0.15, 0.2) is 24.4 Å². The molecule has 0 unspecified atom stereocenters. The second kappa shape index (κ2) is 4.91. The first-order chi connectivity index (χ1) is 7.36. The fraction of sp³-hybridized carbons (Fsp3) is 0.500. The van der Waals surface area contributed by atoms with Crippen LogP contribution in [0.1, 0.15) is 31.4 Å². The molecule has 0 saturated heterocycles. The zero-order valence-electron chi connectivity index (χ0n) is 8.69.